The van der Waals surface area contributed by atoms with Crippen LogP contribution < -0.4 is 4.74 Å². The number of benzene rings is 2. The van der Waals surface area contributed by atoms with E-state index in [2.05, 4.69) is 0 Å². The average Bonchev–Trinajstić information content (AvgIpc) is 3.39. The molecule has 1 fully saturated rings. The summed E-state index contributed by atoms with van der Waals surface area (Å²) in [5, 5.41) is 9.18. The van der Waals surface area contributed by atoms with Crippen LogP contribution in [0, 0.1) is 12.3 Å². The summed E-state index contributed by atoms with van der Waals surface area (Å²) in [6.07, 6.45) is 1.54. The highest BCUT2D eigenvalue weighted by atomic mass is 32.2. The van der Waals surface area contributed by atoms with E-state index >= 15 is 0 Å². The van der Waals surface area contributed by atoms with Crippen molar-refractivity contribution in [3.63, 3.8) is 0 Å². The predicted molar refractivity (Wildman–Crippen MR) is 94.9 cm³/mol. The smallest absolute Gasteiger partial charge is 0.339 e. The van der Waals surface area contributed by atoms with Crippen molar-refractivity contribution in [2.75, 3.05) is 13.2 Å². The number of carboxylic acid groups (broad SMARTS) is 1. The van der Waals surface area contributed by atoms with Crippen molar-refractivity contribution in [1.29, 1.82) is 0 Å². The van der Waals surface area contributed by atoms with Crippen molar-refractivity contribution in [3.8, 4) is 5.75 Å². The Morgan fingerprint density at radius 2 is 1.73 bits per heavy atom. The van der Waals surface area contributed by atoms with E-state index in [1.807, 2.05) is 6.92 Å². The summed E-state index contributed by atoms with van der Waals surface area (Å²) in [5.74, 6) is -0.795. The summed E-state index contributed by atoms with van der Waals surface area (Å²) in [7, 11) is -3.82. The minimum absolute atomic E-state index is 0.0123. The third kappa shape index (κ3) is 4.23. The van der Waals surface area contributed by atoms with E-state index in [-0.39, 0.29) is 29.4 Å². The zero-order valence-electron chi connectivity index (χ0n) is 14.3. The van der Waals surface area contributed by atoms with Crippen molar-refractivity contribution in [2.45, 2.75) is 24.7 Å². The normalized spacial score (nSPS) is 15.4. The Balaban J connectivity index is 1.62. The maximum Gasteiger partial charge on any atom is 0.339 e. The summed E-state index contributed by atoms with van der Waals surface area (Å²) < 4.78 is 35.5. The van der Waals surface area contributed by atoms with Crippen LogP contribution in [0.1, 0.15) is 28.8 Å². The Hall–Kier alpha value is -2.38. The van der Waals surface area contributed by atoms with Gasteiger partial charge in [-0.3, -0.25) is 4.18 Å². The molecule has 0 bridgehead atoms. The Morgan fingerprint density at radius 1 is 1.08 bits per heavy atom. The Kier molecular flexibility index (Phi) is 5.02. The van der Waals surface area contributed by atoms with E-state index < -0.39 is 21.5 Å². The second-order valence-electron chi connectivity index (χ2n) is 6.62. The van der Waals surface area contributed by atoms with Crippen LogP contribution in [0.5, 0.6) is 5.75 Å². The molecule has 138 valence electrons. The summed E-state index contributed by atoms with van der Waals surface area (Å²) in [6.45, 7) is 2.10. The average molecular weight is 376 g/mol. The molecule has 0 spiro atoms. The van der Waals surface area contributed by atoms with Crippen LogP contribution >= 0.6 is 0 Å². The van der Waals surface area contributed by atoms with Gasteiger partial charge in [-0.2, -0.15) is 8.42 Å². The molecule has 0 amide bonds. The molecule has 0 radical (unpaired) electrons. The maximum absolute atomic E-state index is 12.3. The van der Waals surface area contributed by atoms with Crippen LogP contribution in [0.25, 0.3) is 0 Å². The van der Waals surface area contributed by atoms with Gasteiger partial charge in [-0.05, 0) is 44.0 Å². The Bertz CT molecular complexity index is 898. The lowest BCUT2D eigenvalue weighted by atomic mass is 10.1. The number of aryl methyl sites for hydroxylation is 1. The van der Waals surface area contributed by atoms with Gasteiger partial charge in [0, 0.05) is 5.41 Å². The van der Waals surface area contributed by atoms with Crippen molar-refractivity contribution < 1.29 is 27.2 Å². The fourth-order valence-corrected chi connectivity index (χ4v) is 3.49. The number of aromatic carboxylic acids is 1. The Labute approximate surface area is 152 Å². The first kappa shape index (κ1) is 18.4. The molecular weight excluding hydrogens is 356 g/mol. The van der Waals surface area contributed by atoms with Crippen molar-refractivity contribution in [2.24, 2.45) is 5.41 Å². The second-order valence-corrected chi connectivity index (χ2v) is 8.23. The van der Waals surface area contributed by atoms with Gasteiger partial charge in [0.15, 0.2) is 0 Å². The topological polar surface area (TPSA) is 89.9 Å². The van der Waals surface area contributed by atoms with Gasteiger partial charge in [0.1, 0.15) is 11.3 Å². The minimum atomic E-state index is -3.82. The molecule has 2 aromatic carbocycles. The lowest BCUT2D eigenvalue weighted by Crippen LogP contribution is -2.22. The molecule has 1 N–H and O–H groups in total. The second kappa shape index (κ2) is 7.09. The number of hydrogen-bond donors (Lipinski definition) is 1. The summed E-state index contributed by atoms with van der Waals surface area (Å²) >= 11 is 0. The molecule has 0 aliphatic heterocycles. The highest BCUT2D eigenvalue weighted by Crippen LogP contribution is 2.46. The molecular formula is C19H20O6S. The van der Waals surface area contributed by atoms with E-state index in [0.29, 0.717) is 0 Å². The summed E-state index contributed by atoms with van der Waals surface area (Å²) in [4.78, 5) is 11.3. The van der Waals surface area contributed by atoms with Crippen molar-refractivity contribution in [1.82, 2.24) is 0 Å². The third-order valence-electron chi connectivity index (χ3n) is 4.44. The van der Waals surface area contributed by atoms with Gasteiger partial charge < -0.3 is 9.84 Å². The quantitative estimate of drug-likeness (QED) is 0.711. The predicted octanol–water partition coefficient (Wildman–Crippen LogP) is 3.26. The molecule has 1 saturated carbocycles. The molecule has 0 atom stereocenters. The molecule has 1 aliphatic rings. The number of carbonyl (C=O) groups is 1. The molecule has 0 heterocycles. The van der Waals surface area contributed by atoms with Gasteiger partial charge in [0.25, 0.3) is 10.1 Å². The van der Waals surface area contributed by atoms with Crippen LogP contribution in [0.3, 0.4) is 0 Å². The third-order valence-corrected chi connectivity index (χ3v) is 5.72. The number of para-hydroxylation sites is 1. The number of hydrogen-bond acceptors (Lipinski definition) is 5. The van der Waals surface area contributed by atoms with Crippen LogP contribution in [0.4, 0.5) is 0 Å². The first-order chi connectivity index (χ1) is 12.3. The van der Waals surface area contributed by atoms with E-state index in [0.717, 1.165) is 18.4 Å². The number of carboxylic acids is 1. The lowest BCUT2D eigenvalue weighted by Gasteiger charge is -2.17. The molecule has 3 rings (SSSR count). The Morgan fingerprint density at radius 3 is 2.35 bits per heavy atom. The first-order valence-corrected chi connectivity index (χ1v) is 9.63. The van der Waals surface area contributed by atoms with Crippen LogP contribution in [-0.4, -0.2) is 32.7 Å². The molecule has 0 saturated heterocycles. The standard InChI is InChI=1S/C19H20O6S/c1-14-6-8-15(9-7-14)26(22,23)25-13-19(10-11-19)12-24-17-5-3-2-4-16(17)18(20)21/h2-9H,10-13H2,1H3,(H,20,21). The lowest BCUT2D eigenvalue weighted by molar-refractivity contribution is 0.0690. The number of rotatable bonds is 8. The molecule has 7 heteroatoms. The highest BCUT2D eigenvalue weighted by molar-refractivity contribution is 7.86. The van der Waals surface area contributed by atoms with E-state index in [9.17, 15) is 18.3 Å². The van der Waals surface area contributed by atoms with Gasteiger partial charge in [0.2, 0.25) is 0 Å². The summed E-state index contributed by atoms with van der Waals surface area (Å²) in [6, 6.07) is 12.8. The maximum atomic E-state index is 12.3. The van der Waals surface area contributed by atoms with E-state index in [1.54, 1.807) is 30.3 Å². The van der Waals surface area contributed by atoms with Crippen LogP contribution in [0.15, 0.2) is 53.4 Å². The van der Waals surface area contributed by atoms with E-state index in [1.165, 1.54) is 18.2 Å². The monoisotopic (exact) mass is 376 g/mol. The minimum Gasteiger partial charge on any atom is -0.492 e. The molecule has 26 heavy (non-hydrogen) atoms. The van der Waals surface area contributed by atoms with Gasteiger partial charge >= 0.3 is 5.97 Å². The van der Waals surface area contributed by atoms with Crippen molar-refractivity contribution in [3.05, 3.63) is 59.7 Å². The summed E-state index contributed by atoms with van der Waals surface area (Å²) in [5.41, 5.74) is 0.647. The van der Waals surface area contributed by atoms with Gasteiger partial charge in [-0.1, -0.05) is 29.8 Å². The molecule has 6 nitrogen and oxygen atoms in total. The molecule has 1 aliphatic carbocycles. The van der Waals surface area contributed by atoms with Gasteiger partial charge in [-0.15, -0.1) is 0 Å². The van der Waals surface area contributed by atoms with Crippen LogP contribution in [-0.2, 0) is 14.3 Å². The van der Waals surface area contributed by atoms with Crippen LogP contribution in [0.2, 0.25) is 0 Å². The first-order valence-electron chi connectivity index (χ1n) is 8.23. The fraction of sp³-hybridized carbons (Fsp3) is 0.316. The zero-order valence-corrected chi connectivity index (χ0v) is 15.2. The SMILES string of the molecule is Cc1ccc(S(=O)(=O)OCC2(COc3ccccc3C(=O)O)CC2)cc1. The number of ether oxygens (including phenoxy) is 1. The zero-order chi connectivity index (χ0) is 18.8. The van der Waals surface area contributed by atoms with Gasteiger partial charge in [0.05, 0.1) is 18.1 Å². The largest absolute Gasteiger partial charge is 0.492 e. The fourth-order valence-electron chi connectivity index (χ4n) is 2.48. The van der Waals surface area contributed by atoms with Gasteiger partial charge in [-0.25, -0.2) is 4.79 Å². The van der Waals surface area contributed by atoms with Crippen molar-refractivity contribution >= 4 is 16.1 Å². The van der Waals surface area contributed by atoms with E-state index in [4.69, 9.17) is 8.92 Å². The molecule has 0 aromatic heterocycles. The molecule has 0 unspecified atom stereocenters. The highest BCUT2D eigenvalue weighted by Gasteiger charge is 2.45. The molecule has 2 aromatic rings.